The largest absolute Gasteiger partial charge is 0.369 e. The molecule has 0 aliphatic carbocycles. The SMILES string of the molecule is CC(C)CCC1OC1(C)C1CN(C(=O)NC(=O)CCl)CCC12CO2. The standard InChI is InChI=1S/C17H27ClN2O4/c1-11(2)4-5-13-16(3,24-13)12-9-20(7-6-17(12)10-23-17)15(22)19-14(21)8-18/h11-13H,4-10H2,1-3H3,(H,19,21,22). The Labute approximate surface area is 148 Å². The van der Waals surface area contributed by atoms with Gasteiger partial charge in [0.15, 0.2) is 0 Å². The Morgan fingerprint density at radius 1 is 1.42 bits per heavy atom. The molecular formula is C17H27ClN2O4. The van der Waals surface area contributed by atoms with Crippen LogP contribution in [0.4, 0.5) is 4.79 Å². The highest BCUT2D eigenvalue weighted by Crippen LogP contribution is 2.56. The number of imide groups is 1. The predicted octanol–water partition coefficient (Wildman–Crippen LogP) is 2.15. The van der Waals surface area contributed by atoms with Gasteiger partial charge in [0.05, 0.1) is 18.3 Å². The Morgan fingerprint density at radius 2 is 2.12 bits per heavy atom. The van der Waals surface area contributed by atoms with Crippen LogP contribution in [0.1, 0.15) is 40.0 Å². The van der Waals surface area contributed by atoms with E-state index in [9.17, 15) is 9.59 Å². The van der Waals surface area contributed by atoms with E-state index in [1.54, 1.807) is 4.90 Å². The first-order chi connectivity index (χ1) is 11.3. The normalized spacial score (nSPS) is 37.6. The molecule has 0 bridgehead atoms. The van der Waals surface area contributed by atoms with Gasteiger partial charge in [-0.25, -0.2) is 4.79 Å². The minimum absolute atomic E-state index is 0.144. The smallest absolute Gasteiger partial charge is 0.324 e. The van der Waals surface area contributed by atoms with Gasteiger partial charge in [0, 0.05) is 19.0 Å². The summed E-state index contributed by atoms with van der Waals surface area (Å²) in [5.41, 5.74) is -0.380. The van der Waals surface area contributed by atoms with Gasteiger partial charge in [0.2, 0.25) is 5.91 Å². The molecule has 3 fully saturated rings. The number of hydrogen-bond donors (Lipinski definition) is 1. The Kier molecular flexibility index (Phi) is 4.84. The molecule has 3 aliphatic rings. The molecule has 3 heterocycles. The summed E-state index contributed by atoms with van der Waals surface area (Å²) < 4.78 is 11.9. The number of epoxide rings is 2. The van der Waals surface area contributed by atoms with Gasteiger partial charge in [-0.15, -0.1) is 11.6 Å². The van der Waals surface area contributed by atoms with Crippen LogP contribution < -0.4 is 5.32 Å². The van der Waals surface area contributed by atoms with Gasteiger partial charge in [0.25, 0.3) is 0 Å². The lowest BCUT2D eigenvalue weighted by atomic mass is 9.75. The second-order valence-corrected chi connectivity index (χ2v) is 8.12. The average Bonchev–Trinajstić information content (AvgIpc) is 3.44. The molecule has 24 heavy (non-hydrogen) atoms. The molecule has 1 spiro atoms. The molecule has 4 atom stereocenters. The van der Waals surface area contributed by atoms with Crippen LogP contribution in [0, 0.1) is 11.8 Å². The van der Waals surface area contributed by atoms with Crippen LogP contribution in [0.3, 0.4) is 0 Å². The average molecular weight is 359 g/mol. The van der Waals surface area contributed by atoms with E-state index in [0.717, 1.165) is 25.9 Å². The fraction of sp³-hybridized carbons (Fsp3) is 0.882. The number of rotatable bonds is 5. The molecule has 7 heteroatoms. The lowest BCUT2D eigenvalue weighted by molar-refractivity contribution is -0.117. The molecule has 0 aromatic carbocycles. The van der Waals surface area contributed by atoms with Crippen molar-refractivity contribution in [3.63, 3.8) is 0 Å². The molecule has 136 valence electrons. The number of carbonyl (C=O) groups is 2. The van der Waals surface area contributed by atoms with Crippen LogP contribution in [0.5, 0.6) is 0 Å². The maximum atomic E-state index is 12.2. The zero-order valence-electron chi connectivity index (χ0n) is 14.6. The van der Waals surface area contributed by atoms with Gasteiger partial charge in [0.1, 0.15) is 11.5 Å². The third-order valence-electron chi connectivity index (χ3n) is 5.69. The minimum Gasteiger partial charge on any atom is -0.369 e. The molecule has 4 unspecified atom stereocenters. The molecule has 6 nitrogen and oxygen atoms in total. The van der Waals surface area contributed by atoms with Crippen molar-refractivity contribution in [3.8, 4) is 0 Å². The van der Waals surface area contributed by atoms with E-state index in [1.165, 1.54) is 0 Å². The van der Waals surface area contributed by atoms with Crippen LogP contribution in [0.15, 0.2) is 0 Å². The summed E-state index contributed by atoms with van der Waals surface area (Å²) >= 11 is 5.46. The number of amides is 3. The van der Waals surface area contributed by atoms with E-state index in [4.69, 9.17) is 21.1 Å². The molecule has 1 N–H and O–H groups in total. The van der Waals surface area contributed by atoms with Crippen LogP contribution in [-0.2, 0) is 14.3 Å². The maximum Gasteiger partial charge on any atom is 0.324 e. The van der Waals surface area contributed by atoms with Crippen molar-refractivity contribution < 1.29 is 19.1 Å². The second kappa shape index (κ2) is 6.46. The Balaban J connectivity index is 1.63. The van der Waals surface area contributed by atoms with Gasteiger partial charge < -0.3 is 14.4 Å². The van der Waals surface area contributed by atoms with E-state index in [1.807, 2.05) is 0 Å². The number of likely N-dealkylation sites (tertiary alicyclic amines) is 1. The number of alkyl halides is 1. The minimum atomic E-state index is -0.468. The first-order valence-electron chi connectivity index (χ1n) is 8.77. The molecule has 3 amide bonds. The van der Waals surface area contributed by atoms with E-state index in [2.05, 4.69) is 26.1 Å². The summed E-state index contributed by atoms with van der Waals surface area (Å²) in [5, 5.41) is 2.33. The van der Waals surface area contributed by atoms with Gasteiger partial charge >= 0.3 is 6.03 Å². The summed E-state index contributed by atoms with van der Waals surface area (Å²) in [6.45, 7) is 8.44. The quantitative estimate of drug-likeness (QED) is 0.603. The molecule has 0 saturated carbocycles. The van der Waals surface area contributed by atoms with Gasteiger partial charge in [-0.3, -0.25) is 10.1 Å². The van der Waals surface area contributed by atoms with Gasteiger partial charge in [-0.05, 0) is 32.1 Å². The molecule has 0 aromatic heterocycles. The summed E-state index contributed by atoms with van der Waals surface area (Å²) in [4.78, 5) is 25.3. The number of urea groups is 1. The summed E-state index contributed by atoms with van der Waals surface area (Å²) in [6.07, 6.45) is 3.20. The molecule has 0 aromatic rings. The van der Waals surface area contributed by atoms with Crippen molar-refractivity contribution in [2.75, 3.05) is 25.6 Å². The molecular weight excluding hydrogens is 332 g/mol. The first kappa shape index (κ1) is 18.0. The van der Waals surface area contributed by atoms with Crippen molar-refractivity contribution in [3.05, 3.63) is 0 Å². The number of carbonyl (C=O) groups excluding carboxylic acids is 2. The summed E-state index contributed by atoms with van der Waals surface area (Å²) in [7, 11) is 0. The highest BCUT2D eigenvalue weighted by molar-refractivity contribution is 6.28. The number of halogens is 1. The highest BCUT2D eigenvalue weighted by atomic mass is 35.5. The molecule has 3 aliphatic heterocycles. The molecule has 0 radical (unpaired) electrons. The van der Waals surface area contributed by atoms with Gasteiger partial charge in [-0.2, -0.15) is 0 Å². The van der Waals surface area contributed by atoms with Crippen molar-refractivity contribution in [2.24, 2.45) is 11.8 Å². The number of nitrogens with one attached hydrogen (secondary N) is 1. The first-order valence-corrected chi connectivity index (χ1v) is 9.30. The maximum absolute atomic E-state index is 12.2. The van der Waals surface area contributed by atoms with E-state index in [0.29, 0.717) is 19.0 Å². The molecule has 3 saturated heterocycles. The number of ether oxygens (including phenoxy) is 2. The van der Waals surface area contributed by atoms with Gasteiger partial charge in [-0.1, -0.05) is 13.8 Å². The number of hydrogen-bond acceptors (Lipinski definition) is 4. The monoisotopic (exact) mass is 358 g/mol. The van der Waals surface area contributed by atoms with E-state index < -0.39 is 5.91 Å². The van der Waals surface area contributed by atoms with Crippen molar-refractivity contribution in [1.82, 2.24) is 10.2 Å². The van der Waals surface area contributed by atoms with Crippen LogP contribution in [-0.4, -0.2) is 59.7 Å². The van der Waals surface area contributed by atoms with Crippen molar-refractivity contribution in [1.29, 1.82) is 0 Å². The van der Waals surface area contributed by atoms with E-state index in [-0.39, 0.29) is 35.1 Å². The highest BCUT2D eigenvalue weighted by Gasteiger charge is 2.68. The predicted molar refractivity (Wildman–Crippen MR) is 90.0 cm³/mol. The molecule has 3 rings (SSSR count). The summed E-state index contributed by atoms with van der Waals surface area (Å²) in [6, 6.07) is -0.371. The number of nitrogens with zero attached hydrogens (tertiary/aromatic N) is 1. The third-order valence-corrected chi connectivity index (χ3v) is 5.93. The van der Waals surface area contributed by atoms with Crippen molar-refractivity contribution in [2.45, 2.75) is 57.3 Å². The topological polar surface area (TPSA) is 74.5 Å². The Hall–Kier alpha value is -0.850. The number of piperidine rings is 1. The lowest BCUT2D eigenvalue weighted by Crippen LogP contribution is -2.55. The zero-order chi connectivity index (χ0) is 17.5. The van der Waals surface area contributed by atoms with Crippen molar-refractivity contribution >= 4 is 23.5 Å². The summed E-state index contributed by atoms with van der Waals surface area (Å²) in [5.74, 6) is 0.117. The Morgan fingerprint density at radius 3 is 2.71 bits per heavy atom. The van der Waals surface area contributed by atoms with Crippen LogP contribution in [0.2, 0.25) is 0 Å². The third kappa shape index (κ3) is 3.41. The zero-order valence-corrected chi connectivity index (χ0v) is 15.4. The van der Waals surface area contributed by atoms with Crippen LogP contribution >= 0.6 is 11.6 Å². The van der Waals surface area contributed by atoms with E-state index >= 15 is 0 Å². The fourth-order valence-electron chi connectivity index (χ4n) is 3.94. The second-order valence-electron chi connectivity index (χ2n) is 7.85. The lowest BCUT2D eigenvalue weighted by Gasteiger charge is -2.39. The Bertz CT molecular complexity index is 523. The fourth-order valence-corrected chi connectivity index (χ4v) is 4.01. The van der Waals surface area contributed by atoms with Crippen LogP contribution in [0.25, 0.3) is 0 Å².